The Balaban J connectivity index is 1.57. The van der Waals surface area contributed by atoms with E-state index in [4.69, 9.17) is 10.5 Å². The van der Waals surface area contributed by atoms with Gasteiger partial charge in [-0.3, -0.25) is 4.79 Å². The predicted molar refractivity (Wildman–Crippen MR) is 144 cm³/mol. The number of aliphatic carboxylic acids is 1. The second kappa shape index (κ2) is 10.4. The van der Waals surface area contributed by atoms with E-state index in [1.165, 1.54) is 6.33 Å². The molecule has 0 spiro atoms. The minimum absolute atomic E-state index is 0.0956. The zero-order valence-corrected chi connectivity index (χ0v) is 21.0. The van der Waals surface area contributed by atoms with Crippen molar-refractivity contribution < 1.29 is 14.6 Å². The molecule has 2 aromatic heterocycles. The number of carboxylic acid groups (broad SMARTS) is 1. The standard InChI is InChI=1S/C30H30N4O3/c1-19(2)34-25(17-10-20-8-11-22(12-9-20)30(35)36)26(27-28(31)32-18-33-29(27)34)21-13-15-24(16-14-21)37-23-6-4-3-5-7-23/h3-7,13-16,18-20,22H,8-9,11-12H2,1-2H3,(H,35,36)(H2,31,32,33). The number of ether oxygens (including phenoxy) is 1. The Hall–Kier alpha value is -4.31. The quantitative estimate of drug-likeness (QED) is 0.316. The lowest BCUT2D eigenvalue weighted by Gasteiger charge is -2.22. The number of nitrogens with zero attached hydrogens (tertiary/aromatic N) is 3. The van der Waals surface area contributed by atoms with Crippen molar-refractivity contribution in [2.75, 3.05) is 5.73 Å². The third kappa shape index (κ3) is 5.01. The number of hydrogen-bond acceptors (Lipinski definition) is 5. The molecule has 4 aromatic rings. The fraction of sp³-hybridized carbons (Fsp3) is 0.300. The van der Waals surface area contributed by atoms with E-state index in [0.717, 1.165) is 52.2 Å². The molecule has 1 fully saturated rings. The SMILES string of the molecule is CC(C)n1c(C#CC2CCC(C(=O)O)CC2)c(-c2ccc(Oc3ccccc3)cc2)c2c(N)ncnc21. The third-order valence-corrected chi connectivity index (χ3v) is 6.92. The summed E-state index contributed by atoms with van der Waals surface area (Å²) in [4.78, 5) is 20.2. The summed E-state index contributed by atoms with van der Waals surface area (Å²) >= 11 is 0. The van der Waals surface area contributed by atoms with E-state index in [9.17, 15) is 9.90 Å². The molecule has 0 amide bonds. The first-order chi connectivity index (χ1) is 17.9. The lowest BCUT2D eigenvalue weighted by Crippen LogP contribution is -2.20. The third-order valence-electron chi connectivity index (χ3n) is 6.92. The highest BCUT2D eigenvalue weighted by Gasteiger charge is 2.26. The van der Waals surface area contributed by atoms with E-state index in [0.29, 0.717) is 18.7 Å². The summed E-state index contributed by atoms with van der Waals surface area (Å²) in [7, 11) is 0. The minimum Gasteiger partial charge on any atom is -0.481 e. The van der Waals surface area contributed by atoms with E-state index < -0.39 is 5.97 Å². The second-order valence-corrected chi connectivity index (χ2v) is 9.74. The van der Waals surface area contributed by atoms with Gasteiger partial charge in [0.1, 0.15) is 35.0 Å². The van der Waals surface area contributed by atoms with Crippen molar-refractivity contribution in [3.05, 3.63) is 66.6 Å². The summed E-state index contributed by atoms with van der Waals surface area (Å²) in [6.45, 7) is 4.20. The Labute approximate surface area is 216 Å². The van der Waals surface area contributed by atoms with Crippen LogP contribution in [0.4, 0.5) is 5.82 Å². The average molecular weight is 495 g/mol. The van der Waals surface area contributed by atoms with Gasteiger partial charge in [-0.25, -0.2) is 9.97 Å². The van der Waals surface area contributed by atoms with Gasteiger partial charge >= 0.3 is 5.97 Å². The summed E-state index contributed by atoms with van der Waals surface area (Å²) in [5.41, 5.74) is 9.84. The summed E-state index contributed by atoms with van der Waals surface area (Å²) < 4.78 is 8.10. The number of fused-ring (bicyclic) bond motifs is 1. The van der Waals surface area contributed by atoms with Gasteiger partial charge in [0.05, 0.1) is 11.3 Å². The van der Waals surface area contributed by atoms with Gasteiger partial charge in [-0.15, -0.1) is 0 Å². The molecule has 1 saturated carbocycles. The van der Waals surface area contributed by atoms with Crippen molar-refractivity contribution in [3.63, 3.8) is 0 Å². The van der Waals surface area contributed by atoms with Crippen LogP contribution in [0.3, 0.4) is 0 Å². The van der Waals surface area contributed by atoms with Gasteiger partial charge in [0.2, 0.25) is 0 Å². The van der Waals surface area contributed by atoms with Gasteiger partial charge in [-0.1, -0.05) is 36.3 Å². The van der Waals surface area contributed by atoms with Crippen molar-refractivity contribution in [2.24, 2.45) is 11.8 Å². The van der Waals surface area contributed by atoms with Crippen LogP contribution in [-0.4, -0.2) is 25.6 Å². The molecule has 2 aromatic carbocycles. The van der Waals surface area contributed by atoms with E-state index in [-0.39, 0.29) is 17.9 Å². The number of rotatable bonds is 5. The lowest BCUT2D eigenvalue weighted by atomic mass is 9.82. The molecular formula is C30H30N4O3. The number of nitrogen functional groups attached to an aromatic ring is 1. The van der Waals surface area contributed by atoms with Gasteiger partial charge in [-0.05, 0) is 75.3 Å². The summed E-state index contributed by atoms with van der Waals surface area (Å²) in [5.74, 6) is 8.01. The molecule has 37 heavy (non-hydrogen) atoms. The van der Waals surface area contributed by atoms with Crippen molar-refractivity contribution in [1.29, 1.82) is 0 Å². The number of carbonyl (C=O) groups is 1. The largest absolute Gasteiger partial charge is 0.481 e. The number of nitrogens with two attached hydrogens (primary N) is 1. The Bertz CT molecular complexity index is 1470. The predicted octanol–water partition coefficient (Wildman–Crippen LogP) is 6.30. The molecule has 0 bridgehead atoms. The van der Waals surface area contributed by atoms with Crippen LogP contribution in [-0.2, 0) is 4.79 Å². The zero-order valence-electron chi connectivity index (χ0n) is 21.0. The highest BCUT2D eigenvalue weighted by molar-refractivity contribution is 6.03. The van der Waals surface area contributed by atoms with Crippen LogP contribution in [0.5, 0.6) is 11.5 Å². The molecule has 1 aliphatic rings. The highest BCUT2D eigenvalue weighted by atomic mass is 16.5. The molecule has 5 rings (SSSR count). The maximum absolute atomic E-state index is 11.3. The Morgan fingerprint density at radius 1 is 1.03 bits per heavy atom. The van der Waals surface area contributed by atoms with Gasteiger partial charge < -0.3 is 20.1 Å². The summed E-state index contributed by atoms with van der Waals surface area (Å²) in [5, 5.41) is 10.1. The molecule has 188 valence electrons. The molecule has 7 nitrogen and oxygen atoms in total. The molecule has 0 saturated heterocycles. The van der Waals surface area contributed by atoms with Crippen molar-refractivity contribution in [2.45, 2.75) is 45.6 Å². The number of para-hydroxylation sites is 1. The number of carboxylic acids is 1. The first-order valence-electron chi connectivity index (χ1n) is 12.6. The molecule has 0 unspecified atom stereocenters. The van der Waals surface area contributed by atoms with E-state index in [2.05, 4.69) is 40.2 Å². The lowest BCUT2D eigenvalue weighted by molar-refractivity contribution is -0.142. The molecule has 0 radical (unpaired) electrons. The monoisotopic (exact) mass is 494 g/mol. The van der Waals surface area contributed by atoms with Gasteiger partial charge in [0.15, 0.2) is 0 Å². The van der Waals surface area contributed by atoms with Crippen LogP contribution in [0.2, 0.25) is 0 Å². The van der Waals surface area contributed by atoms with Crippen LogP contribution in [0.15, 0.2) is 60.9 Å². The highest BCUT2D eigenvalue weighted by Crippen LogP contribution is 2.39. The van der Waals surface area contributed by atoms with Crippen molar-refractivity contribution in [3.8, 4) is 34.5 Å². The molecular weight excluding hydrogens is 464 g/mol. The molecule has 0 aliphatic heterocycles. The molecule has 1 aliphatic carbocycles. The molecule has 7 heteroatoms. The Kier molecular flexibility index (Phi) is 6.82. The number of hydrogen-bond donors (Lipinski definition) is 2. The van der Waals surface area contributed by atoms with Crippen molar-refractivity contribution >= 4 is 22.8 Å². The number of anilines is 1. The maximum atomic E-state index is 11.3. The molecule has 2 heterocycles. The van der Waals surface area contributed by atoms with E-state index in [1.54, 1.807) is 0 Å². The van der Waals surface area contributed by atoms with E-state index in [1.807, 2.05) is 54.6 Å². The number of benzene rings is 2. The summed E-state index contributed by atoms with van der Waals surface area (Å²) in [6.07, 6.45) is 4.39. The normalized spacial score (nSPS) is 17.4. The van der Waals surface area contributed by atoms with Crippen LogP contribution in [0.25, 0.3) is 22.2 Å². The van der Waals surface area contributed by atoms with E-state index >= 15 is 0 Å². The first-order valence-corrected chi connectivity index (χ1v) is 12.6. The molecule has 0 atom stereocenters. The fourth-order valence-corrected chi connectivity index (χ4v) is 5.03. The maximum Gasteiger partial charge on any atom is 0.306 e. The molecule has 3 N–H and O–H groups in total. The van der Waals surface area contributed by atoms with Crippen LogP contribution >= 0.6 is 0 Å². The number of aromatic nitrogens is 3. The minimum atomic E-state index is -0.706. The van der Waals surface area contributed by atoms with Crippen LogP contribution < -0.4 is 10.5 Å². The van der Waals surface area contributed by atoms with Crippen LogP contribution in [0, 0.1) is 23.7 Å². The van der Waals surface area contributed by atoms with Gasteiger partial charge in [0, 0.05) is 17.5 Å². The van der Waals surface area contributed by atoms with Gasteiger partial charge in [0.25, 0.3) is 0 Å². The smallest absolute Gasteiger partial charge is 0.306 e. The van der Waals surface area contributed by atoms with Gasteiger partial charge in [-0.2, -0.15) is 0 Å². The Morgan fingerprint density at radius 3 is 2.35 bits per heavy atom. The fourth-order valence-electron chi connectivity index (χ4n) is 5.03. The average Bonchev–Trinajstić information content (AvgIpc) is 3.24. The zero-order chi connectivity index (χ0) is 25.9. The first kappa shape index (κ1) is 24.4. The van der Waals surface area contributed by atoms with Crippen LogP contribution in [0.1, 0.15) is 51.3 Å². The summed E-state index contributed by atoms with van der Waals surface area (Å²) in [6, 6.07) is 17.6. The van der Waals surface area contributed by atoms with Crippen molar-refractivity contribution in [1.82, 2.24) is 14.5 Å². The topological polar surface area (TPSA) is 103 Å². The second-order valence-electron chi connectivity index (χ2n) is 9.74. The Morgan fingerprint density at radius 2 is 1.70 bits per heavy atom.